The molecule has 2 aromatic heterocycles. The Balaban J connectivity index is 2.38. The van der Waals surface area contributed by atoms with Crippen LogP contribution in [0.5, 0.6) is 0 Å². The van der Waals surface area contributed by atoms with Crippen LogP contribution in [-0.4, -0.2) is 21.8 Å². The zero-order chi connectivity index (χ0) is 16.0. The summed E-state index contributed by atoms with van der Waals surface area (Å²) in [4.78, 5) is 26.0. The second kappa shape index (κ2) is 5.43. The van der Waals surface area contributed by atoms with E-state index >= 15 is 0 Å². The second-order valence-electron chi connectivity index (χ2n) is 4.75. The maximum Gasteiger partial charge on any atom is 0.353 e. The summed E-state index contributed by atoms with van der Waals surface area (Å²) < 4.78 is 0.695. The van der Waals surface area contributed by atoms with E-state index in [9.17, 15) is 14.7 Å². The molecule has 2 heterocycles. The second-order valence-corrected chi connectivity index (χ2v) is 6.50. The molecule has 0 atom stereocenters. The van der Waals surface area contributed by atoms with Gasteiger partial charge in [0.15, 0.2) is 5.78 Å². The molecule has 0 saturated carbocycles. The molecule has 3 rings (SSSR count). The van der Waals surface area contributed by atoms with Gasteiger partial charge < -0.3 is 10.1 Å². The van der Waals surface area contributed by atoms with E-state index in [2.05, 4.69) is 4.98 Å². The highest BCUT2D eigenvalue weighted by atomic mass is 35.5. The number of aromatic amines is 1. The predicted molar refractivity (Wildman–Crippen MR) is 88.6 cm³/mol. The van der Waals surface area contributed by atoms with Crippen molar-refractivity contribution in [3.8, 4) is 11.1 Å². The van der Waals surface area contributed by atoms with Gasteiger partial charge in [0.2, 0.25) is 0 Å². The van der Waals surface area contributed by atoms with Crippen LogP contribution >= 0.6 is 34.5 Å². The normalized spacial score (nSPS) is 11.0. The molecule has 0 saturated heterocycles. The monoisotopic (exact) mass is 353 g/mol. The van der Waals surface area contributed by atoms with Gasteiger partial charge in [-0.3, -0.25) is 4.79 Å². The summed E-state index contributed by atoms with van der Waals surface area (Å²) in [6.07, 6.45) is 0. The first kappa shape index (κ1) is 15.1. The summed E-state index contributed by atoms with van der Waals surface area (Å²) in [5, 5.41) is 12.0. The molecule has 4 nitrogen and oxygen atoms in total. The standard InChI is InChI=1S/C15H9Cl2NO3S/c1-6(19)10-5-22-14-11(13(15(20)21)18-12(10)14)7-2-8(16)4-9(17)3-7/h2-5,18H,1H3,(H,20,21). The SMILES string of the molecule is CC(=O)c1csc2c(-c3cc(Cl)cc(Cl)c3)c(C(=O)O)[nH]c12. The van der Waals surface area contributed by atoms with Crippen LogP contribution in [0.2, 0.25) is 10.0 Å². The van der Waals surface area contributed by atoms with E-state index in [0.29, 0.717) is 37.0 Å². The number of carbonyl (C=O) groups is 2. The average molecular weight is 354 g/mol. The lowest BCUT2D eigenvalue weighted by Crippen LogP contribution is -1.99. The molecule has 1 aromatic carbocycles. The Morgan fingerprint density at radius 3 is 2.36 bits per heavy atom. The number of carbonyl (C=O) groups excluding carboxylic acids is 1. The fraction of sp³-hybridized carbons (Fsp3) is 0.0667. The maximum absolute atomic E-state index is 11.7. The molecular weight excluding hydrogens is 345 g/mol. The number of carboxylic acid groups (broad SMARTS) is 1. The Kier molecular flexibility index (Phi) is 3.72. The van der Waals surface area contributed by atoms with Crippen LogP contribution in [-0.2, 0) is 0 Å². The predicted octanol–water partition coefficient (Wildman–Crippen LogP) is 5.10. The van der Waals surface area contributed by atoms with Gasteiger partial charge in [-0.1, -0.05) is 23.2 Å². The fourth-order valence-electron chi connectivity index (χ4n) is 2.36. The van der Waals surface area contributed by atoms with Crippen LogP contribution in [0.1, 0.15) is 27.8 Å². The zero-order valence-electron chi connectivity index (χ0n) is 11.2. The first-order valence-corrected chi connectivity index (χ1v) is 7.86. The number of carboxylic acids is 1. The van der Waals surface area contributed by atoms with Crippen LogP contribution in [0, 0.1) is 0 Å². The number of hydrogen-bond donors (Lipinski definition) is 2. The van der Waals surface area contributed by atoms with E-state index in [0.717, 1.165) is 0 Å². The molecule has 0 radical (unpaired) electrons. The van der Waals surface area contributed by atoms with Gasteiger partial charge in [-0.2, -0.15) is 0 Å². The van der Waals surface area contributed by atoms with Crippen LogP contribution in [0.25, 0.3) is 21.3 Å². The molecule has 0 aliphatic carbocycles. The fourth-order valence-corrected chi connectivity index (χ4v) is 4.02. The van der Waals surface area contributed by atoms with Crippen molar-refractivity contribution >= 4 is 56.5 Å². The lowest BCUT2D eigenvalue weighted by atomic mass is 10.1. The molecular formula is C15H9Cl2NO3S. The van der Waals surface area contributed by atoms with Gasteiger partial charge in [-0.15, -0.1) is 11.3 Å². The van der Waals surface area contributed by atoms with Crippen molar-refractivity contribution < 1.29 is 14.7 Å². The molecule has 22 heavy (non-hydrogen) atoms. The van der Waals surface area contributed by atoms with Gasteiger partial charge in [0.05, 0.1) is 15.8 Å². The number of aromatic carboxylic acids is 1. The Bertz CT molecular complexity index is 906. The third-order valence-corrected chi connectivity index (χ3v) is 4.70. The summed E-state index contributed by atoms with van der Waals surface area (Å²) in [7, 11) is 0. The van der Waals surface area contributed by atoms with E-state index < -0.39 is 5.97 Å². The van der Waals surface area contributed by atoms with Crippen molar-refractivity contribution in [3.05, 3.63) is 44.9 Å². The molecule has 0 bridgehead atoms. The first-order chi connectivity index (χ1) is 10.4. The summed E-state index contributed by atoms with van der Waals surface area (Å²) in [5.74, 6) is -1.23. The minimum atomic E-state index is -1.11. The number of benzene rings is 1. The topological polar surface area (TPSA) is 70.2 Å². The van der Waals surface area contributed by atoms with Crippen LogP contribution in [0.3, 0.4) is 0 Å². The Hall–Kier alpha value is -1.82. The molecule has 112 valence electrons. The smallest absolute Gasteiger partial charge is 0.353 e. The number of thiophene rings is 1. The highest BCUT2D eigenvalue weighted by Crippen LogP contribution is 2.40. The van der Waals surface area contributed by atoms with Gasteiger partial charge in [0.1, 0.15) is 5.69 Å². The molecule has 7 heteroatoms. The lowest BCUT2D eigenvalue weighted by Gasteiger charge is -2.03. The van der Waals surface area contributed by atoms with E-state index in [4.69, 9.17) is 23.2 Å². The third-order valence-electron chi connectivity index (χ3n) is 3.26. The number of hydrogen-bond acceptors (Lipinski definition) is 3. The van der Waals surface area contributed by atoms with E-state index in [1.165, 1.54) is 18.3 Å². The highest BCUT2D eigenvalue weighted by Gasteiger charge is 2.23. The Labute approximate surface area is 139 Å². The lowest BCUT2D eigenvalue weighted by molar-refractivity contribution is 0.0692. The van der Waals surface area contributed by atoms with Crippen molar-refractivity contribution in [2.45, 2.75) is 6.92 Å². The number of ketones is 1. The Morgan fingerprint density at radius 2 is 1.82 bits per heavy atom. The summed E-state index contributed by atoms with van der Waals surface area (Å²) >= 11 is 13.3. The summed E-state index contributed by atoms with van der Waals surface area (Å²) in [6.45, 7) is 1.44. The molecule has 0 spiro atoms. The third kappa shape index (κ3) is 2.41. The van der Waals surface area contributed by atoms with E-state index in [1.54, 1.807) is 23.6 Å². The summed E-state index contributed by atoms with van der Waals surface area (Å²) in [6, 6.07) is 4.87. The highest BCUT2D eigenvalue weighted by molar-refractivity contribution is 7.18. The molecule has 0 aliphatic rings. The summed E-state index contributed by atoms with van der Waals surface area (Å²) in [5.41, 5.74) is 2.10. The average Bonchev–Trinajstić information content (AvgIpc) is 2.94. The molecule has 3 aromatic rings. The number of nitrogens with one attached hydrogen (secondary N) is 1. The number of Topliss-reactive ketones (excluding diaryl/α,β-unsaturated/α-hetero) is 1. The molecule has 0 unspecified atom stereocenters. The first-order valence-electron chi connectivity index (χ1n) is 6.22. The van der Waals surface area contributed by atoms with Crippen LogP contribution < -0.4 is 0 Å². The van der Waals surface area contributed by atoms with Crippen molar-refractivity contribution in [1.29, 1.82) is 0 Å². The van der Waals surface area contributed by atoms with Gasteiger partial charge >= 0.3 is 5.97 Å². The number of aromatic nitrogens is 1. The van der Waals surface area contributed by atoms with Gasteiger partial charge in [-0.05, 0) is 30.7 Å². The molecule has 0 amide bonds. The number of rotatable bonds is 3. The maximum atomic E-state index is 11.7. The number of fused-ring (bicyclic) bond motifs is 1. The minimum absolute atomic E-state index is 0.0164. The van der Waals surface area contributed by atoms with Crippen LogP contribution in [0.4, 0.5) is 0 Å². The van der Waals surface area contributed by atoms with E-state index in [-0.39, 0.29) is 11.5 Å². The minimum Gasteiger partial charge on any atom is -0.477 e. The van der Waals surface area contributed by atoms with Gasteiger partial charge in [0, 0.05) is 21.0 Å². The van der Waals surface area contributed by atoms with Crippen molar-refractivity contribution in [2.24, 2.45) is 0 Å². The quantitative estimate of drug-likeness (QED) is 0.643. The van der Waals surface area contributed by atoms with Gasteiger partial charge in [-0.25, -0.2) is 4.79 Å². The molecule has 2 N–H and O–H groups in total. The molecule has 0 fully saturated rings. The van der Waals surface area contributed by atoms with Gasteiger partial charge in [0.25, 0.3) is 0 Å². The largest absolute Gasteiger partial charge is 0.477 e. The molecule has 0 aliphatic heterocycles. The van der Waals surface area contributed by atoms with Crippen molar-refractivity contribution in [2.75, 3.05) is 0 Å². The van der Waals surface area contributed by atoms with Crippen molar-refractivity contribution in [3.63, 3.8) is 0 Å². The van der Waals surface area contributed by atoms with Crippen molar-refractivity contribution in [1.82, 2.24) is 4.98 Å². The van der Waals surface area contributed by atoms with E-state index in [1.807, 2.05) is 0 Å². The van der Waals surface area contributed by atoms with Crippen LogP contribution in [0.15, 0.2) is 23.6 Å². The Morgan fingerprint density at radius 1 is 1.18 bits per heavy atom. The number of H-pyrrole nitrogens is 1. The number of halogens is 2. The zero-order valence-corrected chi connectivity index (χ0v) is 13.6.